The molecule has 0 saturated carbocycles. The first-order valence-corrected chi connectivity index (χ1v) is 6.10. The first kappa shape index (κ1) is 12.9. The maximum absolute atomic E-state index is 5.91. The van der Waals surface area contributed by atoms with Crippen molar-refractivity contribution in [3.8, 4) is 0 Å². The lowest BCUT2D eigenvalue weighted by atomic mass is 10.00. The minimum absolute atomic E-state index is 0.0224. The second-order valence-electron chi connectivity index (χ2n) is 5.42. The maximum atomic E-state index is 5.91. The molecule has 1 aliphatic rings. The third kappa shape index (κ3) is 5.50. The first-order chi connectivity index (χ1) is 6.99. The second-order valence-corrected chi connectivity index (χ2v) is 5.42. The Morgan fingerprint density at radius 3 is 2.73 bits per heavy atom. The van der Waals surface area contributed by atoms with E-state index >= 15 is 0 Å². The van der Waals surface area contributed by atoms with Crippen LogP contribution in [-0.4, -0.2) is 31.3 Å². The van der Waals surface area contributed by atoms with E-state index in [2.05, 4.69) is 26.1 Å². The number of ether oxygens (including phenoxy) is 1. The molecule has 1 fully saturated rings. The van der Waals surface area contributed by atoms with Crippen molar-refractivity contribution < 1.29 is 4.74 Å². The molecule has 0 radical (unpaired) electrons. The Morgan fingerprint density at radius 2 is 2.20 bits per heavy atom. The summed E-state index contributed by atoms with van der Waals surface area (Å²) in [5.74, 6) is 0.705. The maximum Gasteiger partial charge on any atom is 0.0588 e. The summed E-state index contributed by atoms with van der Waals surface area (Å²) in [5.41, 5.74) is 5.89. The van der Waals surface area contributed by atoms with Gasteiger partial charge < -0.3 is 15.8 Å². The minimum Gasteiger partial charge on any atom is -0.378 e. The third-order valence-electron chi connectivity index (χ3n) is 3.11. The highest BCUT2D eigenvalue weighted by Gasteiger charge is 2.23. The van der Waals surface area contributed by atoms with Crippen molar-refractivity contribution in [2.24, 2.45) is 11.7 Å². The van der Waals surface area contributed by atoms with Gasteiger partial charge in [0.15, 0.2) is 0 Å². The lowest BCUT2D eigenvalue weighted by Gasteiger charge is -2.19. The van der Waals surface area contributed by atoms with Gasteiger partial charge in [-0.05, 0) is 52.5 Å². The predicted molar refractivity (Wildman–Crippen MR) is 63.9 cm³/mol. The summed E-state index contributed by atoms with van der Waals surface area (Å²) in [4.78, 5) is 0. The predicted octanol–water partition coefficient (Wildman–Crippen LogP) is 1.52. The van der Waals surface area contributed by atoms with Gasteiger partial charge in [-0.1, -0.05) is 0 Å². The highest BCUT2D eigenvalue weighted by atomic mass is 16.5. The van der Waals surface area contributed by atoms with Crippen LogP contribution in [0.5, 0.6) is 0 Å². The normalized spacial score (nSPS) is 27.2. The Kier molecular flexibility index (Phi) is 5.03. The standard InChI is InChI=1S/C12H26N2O/c1-10-11(5-8-15-10)9-14-7-4-6-12(2,3)13/h10-11,14H,4-9,13H2,1-3H3. The van der Waals surface area contributed by atoms with Gasteiger partial charge in [-0.2, -0.15) is 0 Å². The number of nitrogens with two attached hydrogens (primary N) is 1. The van der Waals surface area contributed by atoms with Gasteiger partial charge in [0.1, 0.15) is 0 Å². The number of hydrogen-bond donors (Lipinski definition) is 2. The van der Waals surface area contributed by atoms with E-state index in [0.717, 1.165) is 32.5 Å². The SMILES string of the molecule is CC1OCCC1CNCCCC(C)(C)N. The van der Waals surface area contributed by atoms with E-state index in [9.17, 15) is 0 Å². The Hall–Kier alpha value is -0.120. The second kappa shape index (κ2) is 5.83. The van der Waals surface area contributed by atoms with E-state index < -0.39 is 0 Å². The molecule has 15 heavy (non-hydrogen) atoms. The van der Waals surface area contributed by atoms with Gasteiger partial charge in [-0.25, -0.2) is 0 Å². The van der Waals surface area contributed by atoms with Crippen LogP contribution in [-0.2, 0) is 4.74 Å². The molecule has 0 aliphatic carbocycles. The van der Waals surface area contributed by atoms with Crippen molar-refractivity contribution >= 4 is 0 Å². The van der Waals surface area contributed by atoms with E-state index in [4.69, 9.17) is 10.5 Å². The van der Waals surface area contributed by atoms with Crippen molar-refractivity contribution in [3.05, 3.63) is 0 Å². The Labute approximate surface area is 93.8 Å². The van der Waals surface area contributed by atoms with Crippen molar-refractivity contribution in [2.45, 2.75) is 51.7 Å². The molecular weight excluding hydrogens is 188 g/mol. The average molecular weight is 214 g/mol. The minimum atomic E-state index is -0.0224. The highest BCUT2D eigenvalue weighted by Crippen LogP contribution is 2.19. The van der Waals surface area contributed by atoms with E-state index in [-0.39, 0.29) is 5.54 Å². The molecule has 3 nitrogen and oxygen atoms in total. The van der Waals surface area contributed by atoms with Gasteiger partial charge in [-0.15, -0.1) is 0 Å². The van der Waals surface area contributed by atoms with Crippen molar-refractivity contribution in [2.75, 3.05) is 19.7 Å². The number of nitrogens with one attached hydrogen (secondary N) is 1. The molecule has 0 aromatic rings. The quantitative estimate of drug-likeness (QED) is 0.659. The molecule has 1 saturated heterocycles. The van der Waals surface area contributed by atoms with Gasteiger partial charge in [0, 0.05) is 18.7 Å². The summed E-state index contributed by atoms with van der Waals surface area (Å²) in [5, 5.41) is 3.49. The summed E-state index contributed by atoms with van der Waals surface area (Å²) in [7, 11) is 0. The third-order valence-corrected chi connectivity index (χ3v) is 3.11. The topological polar surface area (TPSA) is 47.3 Å². The van der Waals surface area contributed by atoms with Crippen LogP contribution in [0.4, 0.5) is 0 Å². The molecule has 2 unspecified atom stereocenters. The van der Waals surface area contributed by atoms with Gasteiger partial charge in [0.2, 0.25) is 0 Å². The molecular formula is C12H26N2O. The summed E-state index contributed by atoms with van der Waals surface area (Å²) in [6.07, 6.45) is 3.88. The monoisotopic (exact) mass is 214 g/mol. The Morgan fingerprint density at radius 1 is 1.47 bits per heavy atom. The fraction of sp³-hybridized carbons (Fsp3) is 1.00. The van der Waals surface area contributed by atoms with Crippen LogP contribution in [0.3, 0.4) is 0 Å². The van der Waals surface area contributed by atoms with Crippen LogP contribution in [0, 0.1) is 5.92 Å². The fourth-order valence-electron chi connectivity index (χ4n) is 2.00. The van der Waals surface area contributed by atoms with Crippen LogP contribution in [0.2, 0.25) is 0 Å². The number of hydrogen-bond acceptors (Lipinski definition) is 3. The molecule has 0 spiro atoms. The molecule has 0 amide bonds. The van der Waals surface area contributed by atoms with Crippen molar-refractivity contribution in [1.29, 1.82) is 0 Å². The molecule has 90 valence electrons. The van der Waals surface area contributed by atoms with Gasteiger partial charge >= 0.3 is 0 Å². The molecule has 2 atom stereocenters. The smallest absolute Gasteiger partial charge is 0.0588 e. The zero-order chi connectivity index (χ0) is 11.3. The molecule has 0 aromatic heterocycles. The molecule has 3 N–H and O–H groups in total. The van der Waals surface area contributed by atoms with Crippen molar-refractivity contribution in [3.63, 3.8) is 0 Å². The van der Waals surface area contributed by atoms with E-state index in [1.165, 1.54) is 6.42 Å². The lowest BCUT2D eigenvalue weighted by molar-refractivity contribution is 0.105. The van der Waals surface area contributed by atoms with Crippen LogP contribution in [0.1, 0.15) is 40.0 Å². The van der Waals surface area contributed by atoms with Gasteiger partial charge in [0.05, 0.1) is 6.10 Å². The zero-order valence-corrected chi connectivity index (χ0v) is 10.4. The Balaban J connectivity index is 1.97. The highest BCUT2D eigenvalue weighted by molar-refractivity contribution is 4.75. The van der Waals surface area contributed by atoms with Crippen LogP contribution < -0.4 is 11.1 Å². The van der Waals surface area contributed by atoms with Crippen LogP contribution >= 0.6 is 0 Å². The fourth-order valence-corrected chi connectivity index (χ4v) is 2.00. The van der Waals surface area contributed by atoms with Crippen LogP contribution in [0.15, 0.2) is 0 Å². The largest absolute Gasteiger partial charge is 0.378 e. The molecule has 1 heterocycles. The molecule has 1 rings (SSSR count). The summed E-state index contributed by atoms with van der Waals surface area (Å²) < 4.78 is 5.52. The molecule has 0 bridgehead atoms. The zero-order valence-electron chi connectivity index (χ0n) is 10.4. The molecule has 1 aliphatic heterocycles. The van der Waals surface area contributed by atoms with E-state index in [0.29, 0.717) is 12.0 Å². The number of rotatable bonds is 6. The van der Waals surface area contributed by atoms with Gasteiger partial charge in [0.25, 0.3) is 0 Å². The Bertz CT molecular complexity index is 177. The molecule has 3 heteroatoms. The summed E-state index contributed by atoms with van der Waals surface area (Å²) in [6, 6.07) is 0. The van der Waals surface area contributed by atoms with Gasteiger partial charge in [-0.3, -0.25) is 0 Å². The first-order valence-electron chi connectivity index (χ1n) is 6.10. The summed E-state index contributed by atoms with van der Waals surface area (Å²) in [6.45, 7) is 9.43. The van der Waals surface area contributed by atoms with Crippen LogP contribution in [0.25, 0.3) is 0 Å². The van der Waals surface area contributed by atoms with E-state index in [1.54, 1.807) is 0 Å². The molecule has 0 aromatic carbocycles. The van der Waals surface area contributed by atoms with E-state index in [1.807, 2.05) is 0 Å². The summed E-state index contributed by atoms with van der Waals surface area (Å²) >= 11 is 0. The van der Waals surface area contributed by atoms with Crippen molar-refractivity contribution in [1.82, 2.24) is 5.32 Å². The average Bonchev–Trinajstić information content (AvgIpc) is 2.49. The lowest BCUT2D eigenvalue weighted by Crippen LogP contribution is -2.33.